The Hall–Kier alpha value is -1.16. The molecule has 0 saturated carbocycles. The molecular formula is C13H19N3S. The molecule has 0 bridgehead atoms. The molecule has 0 radical (unpaired) electrons. The highest BCUT2D eigenvalue weighted by atomic mass is 32.1. The second kappa shape index (κ2) is 5.00. The van der Waals surface area contributed by atoms with E-state index in [4.69, 9.17) is 18.0 Å². The lowest BCUT2D eigenvalue weighted by molar-refractivity contribution is 0.376. The van der Waals surface area contributed by atoms with Gasteiger partial charge in [-0.25, -0.2) is 4.98 Å². The van der Waals surface area contributed by atoms with Crippen LogP contribution >= 0.6 is 12.2 Å². The molecule has 17 heavy (non-hydrogen) atoms. The highest BCUT2D eigenvalue weighted by molar-refractivity contribution is 7.80. The molecule has 0 aromatic carbocycles. The van der Waals surface area contributed by atoms with Gasteiger partial charge < -0.3 is 10.6 Å². The first-order valence-corrected chi connectivity index (χ1v) is 6.51. The molecule has 0 amide bonds. The number of thiocarbonyl (C=S) groups is 1. The molecule has 2 rings (SSSR count). The van der Waals surface area contributed by atoms with Crippen molar-refractivity contribution in [1.82, 2.24) is 4.98 Å². The van der Waals surface area contributed by atoms with Crippen LogP contribution in [0.4, 0.5) is 5.82 Å². The summed E-state index contributed by atoms with van der Waals surface area (Å²) in [5, 5.41) is 0. The summed E-state index contributed by atoms with van der Waals surface area (Å²) in [6.45, 7) is 5.66. The topological polar surface area (TPSA) is 42.1 Å². The molecule has 0 aliphatic carbocycles. The van der Waals surface area contributed by atoms with Gasteiger partial charge in [-0.1, -0.05) is 19.1 Å². The third kappa shape index (κ3) is 2.75. The number of pyridine rings is 1. The predicted octanol–water partition coefficient (Wildman–Crippen LogP) is 2.34. The maximum Gasteiger partial charge on any atom is 0.128 e. The number of aromatic nitrogens is 1. The summed E-state index contributed by atoms with van der Waals surface area (Å²) in [5.41, 5.74) is 6.40. The normalized spacial score (nSPS) is 24.7. The molecule has 1 saturated heterocycles. The second-order valence-corrected chi connectivity index (χ2v) is 5.38. The maximum atomic E-state index is 5.57. The largest absolute Gasteiger partial charge is 0.389 e. The smallest absolute Gasteiger partial charge is 0.128 e. The van der Waals surface area contributed by atoms with Gasteiger partial charge in [-0.05, 0) is 37.8 Å². The van der Waals surface area contributed by atoms with Gasteiger partial charge in [0.2, 0.25) is 0 Å². The summed E-state index contributed by atoms with van der Waals surface area (Å²) < 4.78 is 0. The van der Waals surface area contributed by atoms with E-state index < -0.39 is 0 Å². The number of anilines is 1. The lowest BCUT2D eigenvalue weighted by atomic mass is 9.93. The van der Waals surface area contributed by atoms with E-state index in [1.165, 1.54) is 12.8 Å². The Balaban J connectivity index is 2.14. The number of hydrogen-bond donors (Lipinski definition) is 1. The van der Waals surface area contributed by atoms with Gasteiger partial charge in [0.1, 0.15) is 10.8 Å². The molecule has 2 heterocycles. The van der Waals surface area contributed by atoms with Crippen molar-refractivity contribution in [3.63, 3.8) is 0 Å². The maximum absolute atomic E-state index is 5.57. The molecular weight excluding hydrogens is 230 g/mol. The molecule has 0 spiro atoms. The van der Waals surface area contributed by atoms with Crippen LogP contribution in [0.15, 0.2) is 18.3 Å². The van der Waals surface area contributed by atoms with Gasteiger partial charge >= 0.3 is 0 Å². The van der Waals surface area contributed by atoms with Crippen molar-refractivity contribution in [2.75, 3.05) is 11.4 Å². The molecule has 1 fully saturated rings. The van der Waals surface area contributed by atoms with Crippen molar-refractivity contribution in [2.24, 2.45) is 11.7 Å². The lowest BCUT2D eigenvalue weighted by Crippen LogP contribution is -2.40. The summed E-state index contributed by atoms with van der Waals surface area (Å²) >= 11 is 4.92. The van der Waals surface area contributed by atoms with E-state index in [-0.39, 0.29) is 0 Å². The first-order valence-electron chi connectivity index (χ1n) is 6.10. The minimum Gasteiger partial charge on any atom is -0.389 e. The summed E-state index contributed by atoms with van der Waals surface area (Å²) in [6.07, 6.45) is 4.24. The average Bonchev–Trinajstić information content (AvgIpc) is 2.29. The van der Waals surface area contributed by atoms with Crippen molar-refractivity contribution < 1.29 is 0 Å². The third-order valence-corrected chi connectivity index (χ3v) is 3.70. The van der Waals surface area contributed by atoms with Crippen LogP contribution in [0.5, 0.6) is 0 Å². The standard InChI is InChI=1S/C13H19N3S/c1-9-5-6-16(10(2)7-9)12-4-3-11(8-15-12)13(14)17/h3-4,8-10H,5-7H2,1-2H3,(H2,14,17). The van der Waals surface area contributed by atoms with E-state index in [2.05, 4.69) is 23.7 Å². The van der Waals surface area contributed by atoms with E-state index in [0.717, 1.165) is 23.8 Å². The van der Waals surface area contributed by atoms with E-state index >= 15 is 0 Å². The quantitative estimate of drug-likeness (QED) is 0.817. The van der Waals surface area contributed by atoms with Crippen molar-refractivity contribution in [3.8, 4) is 0 Å². The first-order chi connectivity index (χ1) is 8.08. The number of nitrogens with zero attached hydrogens (tertiary/aromatic N) is 2. The predicted molar refractivity (Wildman–Crippen MR) is 75.3 cm³/mol. The number of hydrogen-bond acceptors (Lipinski definition) is 3. The van der Waals surface area contributed by atoms with Crippen molar-refractivity contribution in [2.45, 2.75) is 32.7 Å². The molecule has 1 aromatic rings. The van der Waals surface area contributed by atoms with Gasteiger partial charge in [0.15, 0.2) is 0 Å². The summed E-state index contributed by atoms with van der Waals surface area (Å²) in [4.78, 5) is 7.23. The van der Waals surface area contributed by atoms with Crippen LogP contribution in [0, 0.1) is 5.92 Å². The Morgan fingerprint density at radius 3 is 2.76 bits per heavy atom. The minimum atomic E-state index is 0.407. The van der Waals surface area contributed by atoms with Gasteiger partial charge in [-0.3, -0.25) is 0 Å². The molecule has 2 N–H and O–H groups in total. The third-order valence-electron chi connectivity index (χ3n) is 3.46. The highest BCUT2D eigenvalue weighted by Crippen LogP contribution is 2.26. The molecule has 92 valence electrons. The zero-order valence-electron chi connectivity index (χ0n) is 10.4. The van der Waals surface area contributed by atoms with E-state index in [1.807, 2.05) is 12.1 Å². The lowest BCUT2D eigenvalue weighted by Gasteiger charge is -2.37. The van der Waals surface area contributed by atoms with Crippen LogP contribution in [0.1, 0.15) is 32.3 Å². The number of nitrogens with two attached hydrogens (primary N) is 1. The van der Waals surface area contributed by atoms with Gasteiger partial charge in [-0.2, -0.15) is 0 Å². The molecule has 3 nitrogen and oxygen atoms in total. The Bertz CT molecular complexity index is 402. The molecule has 1 aliphatic rings. The SMILES string of the molecule is CC1CCN(c2ccc(C(N)=S)cn2)C(C)C1. The Kier molecular flexibility index (Phi) is 3.62. The fourth-order valence-corrected chi connectivity index (χ4v) is 2.57. The van der Waals surface area contributed by atoms with Crippen LogP contribution in [0.25, 0.3) is 0 Å². The van der Waals surface area contributed by atoms with Gasteiger partial charge in [0, 0.05) is 24.3 Å². The summed E-state index contributed by atoms with van der Waals surface area (Å²) in [6, 6.07) is 4.53. The first kappa shape index (κ1) is 12.3. The highest BCUT2D eigenvalue weighted by Gasteiger charge is 2.23. The molecule has 2 unspecified atom stereocenters. The van der Waals surface area contributed by atoms with Crippen LogP contribution in [-0.2, 0) is 0 Å². The van der Waals surface area contributed by atoms with E-state index in [0.29, 0.717) is 11.0 Å². The van der Waals surface area contributed by atoms with E-state index in [9.17, 15) is 0 Å². The fourth-order valence-electron chi connectivity index (χ4n) is 2.45. The Morgan fingerprint density at radius 1 is 1.47 bits per heavy atom. The van der Waals surface area contributed by atoms with Crippen LogP contribution in [-0.4, -0.2) is 22.6 Å². The van der Waals surface area contributed by atoms with E-state index in [1.54, 1.807) is 6.20 Å². The molecule has 4 heteroatoms. The van der Waals surface area contributed by atoms with Crippen LogP contribution in [0.3, 0.4) is 0 Å². The van der Waals surface area contributed by atoms with Crippen molar-refractivity contribution >= 4 is 23.0 Å². The monoisotopic (exact) mass is 249 g/mol. The number of piperidine rings is 1. The molecule has 1 aliphatic heterocycles. The Morgan fingerprint density at radius 2 is 2.24 bits per heavy atom. The number of rotatable bonds is 2. The van der Waals surface area contributed by atoms with Gasteiger partial charge in [-0.15, -0.1) is 0 Å². The molecule has 1 aromatic heterocycles. The Labute approximate surface area is 108 Å². The fraction of sp³-hybridized carbons (Fsp3) is 0.538. The van der Waals surface area contributed by atoms with Gasteiger partial charge in [0.05, 0.1) is 0 Å². The summed E-state index contributed by atoms with van der Waals surface area (Å²) in [5.74, 6) is 1.85. The zero-order valence-corrected chi connectivity index (χ0v) is 11.2. The van der Waals surface area contributed by atoms with Crippen molar-refractivity contribution in [3.05, 3.63) is 23.9 Å². The van der Waals surface area contributed by atoms with Crippen LogP contribution in [0.2, 0.25) is 0 Å². The van der Waals surface area contributed by atoms with Crippen molar-refractivity contribution in [1.29, 1.82) is 0 Å². The van der Waals surface area contributed by atoms with Gasteiger partial charge in [0.25, 0.3) is 0 Å². The molecule has 2 atom stereocenters. The average molecular weight is 249 g/mol. The second-order valence-electron chi connectivity index (χ2n) is 4.94. The summed E-state index contributed by atoms with van der Waals surface area (Å²) in [7, 11) is 0. The van der Waals surface area contributed by atoms with Crippen LogP contribution < -0.4 is 10.6 Å². The minimum absolute atomic E-state index is 0.407. The zero-order chi connectivity index (χ0) is 12.4.